The molecule has 1 heterocycles. The first-order valence-corrected chi connectivity index (χ1v) is 6.74. The molecule has 19 heavy (non-hydrogen) atoms. The van der Waals surface area contributed by atoms with Crippen molar-refractivity contribution in [2.45, 2.75) is 12.6 Å². The van der Waals surface area contributed by atoms with Crippen molar-refractivity contribution in [1.29, 1.82) is 0 Å². The first-order valence-electron chi connectivity index (χ1n) is 5.95. The number of halogens is 2. The topological polar surface area (TPSA) is 38.8 Å². The number of methoxy groups -OCH3 is 1. The molecular formula is C13H15BrFNO3. The summed E-state index contributed by atoms with van der Waals surface area (Å²) in [6.07, 6.45) is 0. The lowest BCUT2D eigenvalue weighted by atomic mass is 10.1. The summed E-state index contributed by atoms with van der Waals surface area (Å²) < 4.78 is 23.8. The largest absolute Gasteiger partial charge is 0.468 e. The minimum atomic E-state index is -0.407. The van der Waals surface area contributed by atoms with Crippen LogP contribution in [0.2, 0.25) is 0 Å². The van der Waals surface area contributed by atoms with Crippen molar-refractivity contribution >= 4 is 21.9 Å². The summed E-state index contributed by atoms with van der Waals surface area (Å²) in [6.45, 7) is 2.09. The monoisotopic (exact) mass is 331 g/mol. The minimum absolute atomic E-state index is 0.290. The van der Waals surface area contributed by atoms with E-state index in [9.17, 15) is 9.18 Å². The van der Waals surface area contributed by atoms with Gasteiger partial charge in [0.15, 0.2) is 0 Å². The summed E-state index contributed by atoms with van der Waals surface area (Å²) in [5.74, 6) is -0.597. The summed E-state index contributed by atoms with van der Waals surface area (Å²) in [6, 6.07) is 4.13. The van der Waals surface area contributed by atoms with E-state index < -0.39 is 6.04 Å². The molecule has 1 unspecified atom stereocenters. The van der Waals surface area contributed by atoms with Crippen LogP contribution >= 0.6 is 15.9 Å². The van der Waals surface area contributed by atoms with Crippen LogP contribution in [0.3, 0.4) is 0 Å². The Bertz CT molecular complexity index is 469. The quantitative estimate of drug-likeness (QED) is 0.794. The Morgan fingerprint density at radius 2 is 2.42 bits per heavy atom. The van der Waals surface area contributed by atoms with Gasteiger partial charge in [0.2, 0.25) is 0 Å². The zero-order valence-electron chi connectivity index (χ0n) is 10.6. The molecule has 2 rings (SSSR count). The van der Waals surface area contributed by atoms with Crippen molar-refractivity contribution in [2.75, 3.05) is 26.9 Å². The van der Waals surface area contributed by atoms with E-state index in [0.29, 0.717) is 30.8 Å². The first kappa shape index (κ1) is 14.4. The highest BCUT2D eigenvalue weighted by atomic mass is 79.9. The molecule has 6 heteroatoms. The molecular weight excluding hydrogens is 317 g/mol. The summed E-state index contributed by atoms with van der Waals surface area (Å²) >= 11 is 3.33. The predicted octanol–water partition coefficient (Wildman–Crippen LogP) is 1.96. The van der Waals surface area contributed by atoms with Crippen LogP contribution in [0.5, 0.6) is 0 Å². The van der Waals surface area contributed by atoms with Crippen LogP contribution in [-0.4, -0.2) is 43.8 Å². The molecule has 0 saturated carbocycles. The van der Waals surface area contributed by atoms with Crippen LogP contribution in [0.1, 0.15) is 5.56 Å². The van der Waals surface area contributed by atoms with Gasteiger partial charge >= 0.3 is 5.97 Å². The number of hydrogen-bond acceptors (Lipinski definition) is 4. The molecule has 0 radical (unpaired) electrons. The average Bonchev–Trinajstić information content (AvgIpc) is 2.41. The second-order valence-electron chi connectivity index (χ2n) is 4.32. The van der Waals surface area contributed by atoms with E-state index in [0.717, 1.165) is 5.56 Å². The molecule has 0 aliphatic carbocycles. The Balaban J connectivity index is 2.13. The number of morpholine rings is 1. The van der Waals surface area contributed by atoms with Gasteiger partial charge < -0.3 is 9.47 Å². The Labute approximate surface area is 119 Å². The molecule has 1 atom stereocenters. The number of ether oxygens (including phenoxy) is 2. The fourth-order valence-electron chi connectivity index (χ4n) is 2.05. The van der Waals surface area contributed by atoms with Gasteiger partial charge in [0.05, 0.1) is 20.3 Å². The lowest BCUT2D eigenvalue weighted by Gasteiger charge is -2.33. The predicted molar refractivity (Wildman–Crippen MR) is 71.1 cm³/mol. The minimum Gasteiger partial charge on any atom is -0.468 e. The molecule has 104 valence electrons. The van der Waals surface area contributed by atoms with Gasteiger partial charge in [0, 0.05) is 17.6 Å². The van der Waals surface area contributed by atoms with Gasteiger partial charge in [-0.2, -0.15) is 0 Å². The number of hydrogen-bond donors (Lipinski definition) is 0. The molecule has 1 saturated heterocycles. The van der Waals surface area contributed by atoms with Crippen LogP contribution in [0, 0.1) is 5.82 Å². The third-order valence-electron chi connectivity index (χ3n) is 3.10. The van der Waals surface area contributed by atoms with E-state index in [2.05, 4.69) is 15.9 Å². The van der Waals surface area contributed by atoms with Crippen molar-refractivity contribution in [1.82, 2.24) is 4.90 Å². The van der Waals surface area contributed by atoms with Gasteiger partial charge in [-0.1, -0.05) is 22.0 Å². The normalized spacial score (nSPS) is 20.3. The van der Waals surface area contributed by atoms with Crippen molar-refractivity contribution < 1.29 is 18.7 Å². The van der Waals surface area contributed by atoms with Crippen LogP contribution in [0.15, 0.2) is 22.7 Å². The highest BCUT2D eigenvalue weighted by molar-refractivity contribution is 9.10. The van der Waals surface area contributed by atoms with E-state index >= 15 is 0 Å². The summed E-state index contributed by atoms with van der Waals surface area (Å²) in [5, 5.41) is 0. The fourth-order valence-corrected chi connectivity index (χ4v) is 2.53. The number of nitrogens with zero attached hydrogens (tertiary/aromatic N) is 1. The van der Waals surface area contributed by atoms with Crippen LogP contribution in [0.4, 0.5) is 4.39 Å². The van der Waals surface area contributed by atoms with E-state index in [1.807, 2.05) is 4.90 Å². The standard InChI is InChI=1S/C13H15BrFNO3/c1-18-13(17)12-8-19-5-4-16(12)7-9-2-3-10(15)6-11(9)14/h2-3,6,12H,4-5,7-8H2,1H3. The van der Waals surface area contributed by atoms with Gasteiger partial charge in [0.25, 0.3) is 0 Å². The molecule has 1 fully saturated rings. The molecule has 1 aromatic rings. The third kappa shape index (κ3) is 3.52. The van der Waals surface area contributed by atoms with Gasteiger partial charge in [-0.25, -0.2) is 4.39 Å². The molecule has 1 aliphatic rings. The zero-order valence-corrected chi connectivity index (χ0v) is 12.2. The summed E-state index contributed by atoms with van der Waals surface area (Å²) in [5.41, 5.74) is 0.928. The maximum Gasteiger partial charge on any atom is 0.325 e. The van der Waals surface area contributed by atoms with Crippen LogP contribution in [0.25, 0.3) is 0 Å². The van der Waals surface area contributed by atoms with Crippen molar-refractivity contribution in [3.8, 4) is 0 Å². The Kier molecular flexibility index (Phi) is 4.90. The van der Waals surface area contributed by atoms with Crippen molar-refractivity contribution in [2.24, 2.45) is 0 Å². The Morgan fingerprint density at radius 1 is 1.63 bits per heavy atom. The number of carbonyl (C=O) groups excluding carboxylic acids is 1. The molecule has 0 amide bonds. The SMILES string of the molecule is COC(=O)C1COCCN1Cc1ccc(F)cc1Br. The Morgan fingerprint density at radius 3 is 3.11 bits per heavy atom. The maximum absolute atomic E-state index is 13.0. The first-order chi connectivity index (χ1) is 9.11. The number of esters is 1. The average molecular weight is 332 g/mol. The fraction of sp³-hybridized carbons (Fsp3) is 0.462. The molecule has 4 nitrogen and oxygen atoms in total. The van der Waals surface area contributed by atoms with E-state index in [-0.39, 0.29) is 11.8 Å². The van der Waals surface area contributed by atoms with Crippen molar-refractivity contribution in [3.63, 3.8) is 0 Å². The lowest BCUT2D eigenvalue weighted by Crippen LogP contribution is -2.49. The molecule has 0 aromatic heterocycles. The van der Waals surface area contributed by atoms with Gasteiger partial charge in [-0.05, 0) is 17.7 Å². The third-order valence-corrected chi connectivity index (χ3v) is 3.84. The van der Waals surface area contributed by atoms with E-state index in [4.69, 9.17) is 9.47 Å². The smallest absolute Gasteiger partial charge is 0.325 e. The van der Waals surface area contributed by atoms with E-state index in [1.165, 1.54) is 19.2 Å². The molecule has 0 N–H and O–H groups in total. The Hall–Kier alpha value is -0.980. The summed E-state index contributed by atoms with van der Waals surface area (Å²) in [7, 11) is 1.36. The maximum atomic E-state index is 13.0. The second kappa shape index (κ2) is 6.45. The number of carbonyl (C=O) groups is 1. The second-order valence-corrected chi connectivity index (χ2v) is 5.17. The van der Waals surface area contributed by atoms with Crippen LogP contribution in [-0.2, 0) is 20.8 Å². The number of benzene rings is 1. The highest BCUT2D eigenvalue weighted by Crippen LogP contribution is 2.21. The molecule has 0 spiro atoms. The van der Waals surface area contributed by atoms with Crippen molar-refractivity contribution in [3.05, 3.63) is 34.1 Å². The number of rotatable bonds is 3. The molecule has 1 aliphatic heterocycles. The summed E-state index contributed by atoms with van der Waals surface area (Å²) in [4.78, 5) is 13.7. The van der Waals surface area contributed by atoms with Gasteiger partial charge in [-0.15, -0.1) is 0 Å². The zero-order chi connectivity index (χ0) is 13.8. The highest BCUT2D eigenvalue weighted by Gasteiger charge is 2.30. The molecule has 1 aromatic carbocycles. The van der Waals surface area contributed by atoms with Crippen LogP contribution < -0.4 is 0 Å². The van der Waals surface area contributed by atoms with Gasteiger partial charge in [0.1, 0.15) is 11.9 Å². The van der Waals surface area contributed by atoms with E-state index in [1.54, 1.807) is 6.07 Å². The lowest BCUT2D eigenvalue weighted by molar-refractivity contribution is -0.153. The molecule has 0 bridgehead atoms. The van der Waals surface area contributed by atoms with Gasteiger partial charge in [-0.3, -0.25) is 9.69 Å².